The van der Waals surface area contributed by atoms with E-state index in [1.165, 1.54) is 11.9 Å². The molecule has 0 aliphatic carbocycles. The number of hydrogen-bond donors (Lipinski definition) is 0. The minimum atomic E-state index is -0.142. The molecule has 6 nitrogen and oxygen atoms in total. The molecule has 0 bridgehead atoms. The van der Waals surface area contributed by atoms with Crippen LogP contribution < -0.4 is 23.4 Å². The van der Waals surface area contributed by atoms with Crippen molar-refractivity contribution in [3.8, 4) is 17.2 Å². The van der Waals surface area contributed by atoms with E-state index in [4.69, 9.17) is 14.2 Å². The van der Waals surface area contributed by atoms with Gasteiger partial charge in [0.25, 0.3) is 0 Å². The second kappa shape index (κ2) is 8.59. The van der Waals surface area contributed by atoms with Crippen molar-refractivity contribution in [3.05, 3.63) is 72.3 Å². The van der Waals surface area contributed by atoms with Crippen LogP contribution in [0.2, 0.25) is 0 Å². The average molecular weight is 423 g/mol. The summed E-state index contributed by atoms with van der Waals surface area (Å²) in [4.78, 5) is 16.3. The number of anilines is 2. The minimum Gasteiger partial charge on any atom is -0.497 e. The van der Waals surface area contributed by atoms with Crippen LogP contribution in [0, 0.1) is 0 Å². The fraction of sp³-hybridized carbons (Fsp3) is 0.174. The Morgan fingerprint density at radius 1 is 0.800 bits per heavy atom. The third-order valence-electron chi connectivity index (χ3n) is 4.80. The second-order valence-corrected chi connectivity index (χ2v) is 7.63. The summed E-state index contributed by atoms with van der Waals surface area (Å²) < 4.78 is 17.8. The zero-order chi connectivity index (χ0) is 21.1. The van der Waals surface area contributed by atoms with Crippen LogP contribution >= 0.6 is 11.9 Å². The van der Waals surface area contributed by atoms with E-state index < -0.39 is 0 Å². The van der Waals surface area contributed by atoms with Crippen molar-refractivity contribution in [1.82, 2.24) is 0 Å². The first-order valence-electron chi connectivity index (χ1n) is 9.37. The van der Waals surface area contributed by atoms with Crippen molar-refractivity contribution in [2.45, 2.75) is 11.4 Å². The topological polar surface area (TPSA) is 51.2 Å². The molecule has 0 fully saturated rings. The molecular weight excluding hydrogens is 400 g/mol. The van der Waals surface area contributed by atoms with Gasteiger partial charge in [0.15, 0.2) is 0 Å². The molecule has 0 saturated carbocycles. The third-order valence-corrected chi connectivity index (χ3v) is 5.89. The van der Waals surface area contributed by atoms with Gasteiger partial charge < -0.3 is 14.2 Å². The molecule has 0 spiro atoms. The van der Waals surface area contributed by atoms with Gasteiger partial charge in [-0.1, -0.05) is 24.3 Å². The van der Waals surface area contributed by atoms with Gasteiger partial charge in [-0.05, 0) is 41.8 Å². The van der Waals surface area contributed by atoms with E-state index in [0.29, 0.717) is 23.7 Å². The Morgan fingerprint density at radius 2 is 1.50 bits per heavy atom. The molecular formula is C23H22N2O4S. The summed E-state index contributed by atoms with van der Waals surface area (Å²) in [5.74, 6) is 2.00. The first-order valence-corrected chi connectivity index (χ1v) is 10.1. The molecule has 154 valence electrons. The number of carbonyl (C=O) groups excluding carboxylic acids is 1. The molecule has 0 radical (unpaired) electrons. The van der Waals surface area contributed by atoms with E-state index >= 15 is 0 Å². The van der Waals surface area contributed by atoms with Crippen molar-refractivity contribution >= 4 is 29.4 Å². The number of methoxy groups -OCH3 is 3. The van der Waals surface area contributed by atoms with Gasteiger partial charge in [-0.3, -0.25) is 4.90 Å². The Kier molecular flexibility index (Phi) is 5.72. The monoisotopic (exact) mass is 422 g/mol. The SMILES string of the molecule is COc1cccc(CN2C(=O)N(c3cc(OC)cc(OC)c3)Sc3ccccc32)c1. The first kappa shape index (κ1) is 20.0. The Morgan fingerprint density at radius 3 is 2.20 bits per heavy atom. The van der Waals surface area contributed by atoms with Crippen LogP contribution in [0.4, 0.5) is 16.2 Å². The highest BCUT2D eigenvalue weighted by Gasteiger charge is 2.33. The summed E-state index contributed by atoms with van der Waals surface area (Å²) in [5.41, 5.74) is 2.54. The van der Waals surface area contributed by atoms with Gasteiger partial charge >= 0.3 is 6.03 Å². The number of rotatable bonds is 6. The summed E-state index contributed by atoms with van der Waals surface area (Å²) in [6, 6.07) is 20.9. The molecule has 0 unspecified atom stereocenters. The van der Waals surface area contributed by atoms with Gasteiger partial charge in [0.2, 0.25) is 0 Å². The number of para-hydroxylation sites is 1. The predicted molar refractivity (Wildman–Crippen MR) is 119 cm³/mol. The molecule has 4 rings (SSSR count). The summed E-state index contributed by atoms with van der Waals surface area (Å²) in [6.07, 6.45) is 0. The van der Waals surface area contributed by atoms with E-state index in [0.717, 1.165) is 21.9 Å². The molecule has 30 heavy (non-hydrogen) atoms. The highest BCUT2D eigenvalue weighted by atomic mass is 32.2. The third kappa shape index (κ3) is 3.89. The summed E-state index contributed by atoms with van der Waals surface area (Å²) in [5, 5.41) is 0. The number of benzene rings is 3. The Balaban J connectivity index is 1.74. The van der Waals surface area contributed by atoms with E-state index in [1.807, 2.05) is 60.7 Å². The van der Waals surface area contributed by atoms with Crippen molar-refractivity contribution < 1.29 is 19.0 Å². The molecule has 0 saturated heterocycles. The minimum absolute atomic E-state index is 0.142. The number of ether oxygens (including phenoxy) is 3. The quantitative estimate of drug-likeness (QED) is 0.500. The number of hydrogen-bond acceptors (Lipinski definition) is 5. The van der Waals surface area contributed by atoms with Crippen molar-refractivity contribution in [2.75, 3.05) is 30.5 Å². The lowest BCUT2D eigenvalue weighted by Crippen LogP contribution is -2.42. The number of amides is 2. The van der Waals surface area contributed by atoms with Gasteiger partial charge in [-0.25, -0.2) is 9.10 Å². The lowest BCUT2D eigenvalue weighted by atomic mass is 10.2. The smallest absolute Gasteiger partial charge is 0.339 e. The van der Waals surface area contributed by atoms with Gasteiger partial charge in [-0.2, -0.15) is 0 Å². The molecule has 1 aliphatic rings. The summed E-state index contributed by atoms with van der Waals surface area (Å²) in [6.45, 7) is 0.422. The molecule has 3 aromatic rings. The first-order chi connectivity index (χ1) is 14.6. The van der Waals surface area contributed by atoms with Crippen molar-refractivity contribution in [2.24, 2.45) is 0 Å². The zero-order valence-electron chi connectivity index (χ0n) is 17.0. The molecule has 1 aliphatic heterocycles. The highest BCUT2D eigenvalue weighted by molar-refractivity contribution is 8.01. The Hall–Kier alpha value is -3.32. The average Bonchev–Trinajstić information content (AvgIpc) is 2.80. The molecule has 0 N–H and O–H groups in total. The van der Waals surface area contributed by atoms with E-state index in [-0.39, 0.29) is 6.03 Å². The van der Waals surface area contributed by atoms with E-state index in [9.17, 15) is 4.79 Å². The van der Waals surface area contributed by atoms with Crippen LogP contribution in [0.15, 0.2) is 71.6 Å². The summed E-state index contributed by atoms with van der Waals surface area (Å²) >= 11 is 1.38. The van der Waals surface area contributed by atoms with Crippen molar-refractivity contribution in [1.29, 1.82) is 0 Å². The fourth-order valence-electron chi connectivity index (χ4n) is 3.29. The van der Waals surface area contributed by atoms with Crippen LogP contribution in [-0.4, -0.2) is 27.4 Å². The van der Waals surface area contributed by atoms with Crippen LogP contribution in [0.3, 0.4) is 0 Å². The number of urea groups is 1. The number of carbonyl (C=O) groups is 1. The Labute approximate surface area is 180 Å². The number of fused-ring (bicyclic) bond motifs is 1. The standard InChI is InChI=1S/C23H22N2O4S/c1-27-18-8-6-7-16(11-18)15-24-21-9-4-5-10-22(21)30-25(23(24)26)17-12-19(28-2)14-20(13-17)29-3/h4-14H,15H2,1-3H3. The van der Waals surface area contributed by atoms with Gasteiger partial charge in [0, 0.05) is 18.2 Å². The molecule has 7 heteroatoms. The van der Waals surface area contributed by atoms with E-state index in [1.54, 1.807) is 36.6 Å². The maximum absolute atomic E-state index is 13.6. The predicted octanol–water partition coefficient (Wildman–Crippen LogP) is 5.37. The second-order valence-electron chi connectivity index (χ2n) is 6.64. The van der Waals surface area contributed by atoms with Crippen LogP contribution in [-0.2, 0) is 6.54 Å². The fourth-order valence-corrected chi connectivity index (χ4v) is 4.28. The van der Waals surface area contributed by atoms with Crippen LogP contribution in [0.5, 0.6) is 17.2 Å². The maximum atomic E-state index is 13.6. The lowest BCUT2D eigenvalue weighted by Gasteiger charge is -2.36. The van der Waals surface area contributed by atoms with Crippen LogP contribution in [0.1, 0.15) is 5.56 Å². The molecule has 2 amide bonds. The van der Waals surface area contributed by atoms with Gasteiger partial charge in [0.1, 0.15) is 17.2 Å². The summed E-state index contributed by atoms with van der Waals surface area (Å²) in [7, 11) is 4.82. The van der Waals surface area contributed by atoms with Crippen molar-refractivity contribution in [3.63, 3.8) is 0 Å². The van der Waals surface area contributed by atoms with Gasteiger partial charge in [-0.15, -0.1) is 0 Å². The maximum Gasteiger partial charge on any atom is 0.339 e. The largest absolute Gasteiger partial charge is 0.497 e. The molecule has 0 aromatic heterocycles. The van der Waals surface area contributed by atoms with Crippen LogP contribution in [0.25, 0.3) is 0 Å². The lowest BCUT2D eigenvalue weighted by molar-refractivity contribution is 0.254. The molecule has 3 aromatic carbocycles. The van der Waals surface area contributed by atoms with Gasteiger partial charge in [0.05, 0.1) is 44.1 Å². The molecule has 0 atom stereocenters. The van der Waals surface area contributed by atoms with E-state index in [2.05, 4.69) is 0 Å². The Bertz CT molecular complexity index is 1050. The molecule has 1 heterocycles. The normalized spacial score (nSPS) is 13.1. The highest BCUT2D eigenvalue weighted by Crippen LogP contribution is 2.43. The number of nitrogens with zero attached hydrogens (tertiary/aromatic N) is 2. The zero-order valence-corrected chi connectivity index (χ0v) is 17.8.